The van der Waals surface area contributed by atoms with Gasteiger partial charge in [0.25, 0.3) is 5.91 Å². The topological polar surface area (TPSA) is 61.4 Å². The molecule has 0 spiro atoms. The molecule has 0 atom stereocenters. The molecule has 0 heterocycles. The summed E-state index contributed by atoms with van der Waals surface area (Å²) in [4.78, 5) is 26.2. The van der Waals surface area contributed by atoms with E-state index in [9.17, 15) is 27.2 Å². The minimum atomic E-state index is -4.57. The molecule has 0 aliphatic carbocycles. The van der Waals surface area contributed by atoms with Crippen molar-refractivity contribution in [2.24, 2.45) is 0 Å². The zero-order valence-electron chi connectivity index (χ0n) is 17.7. The number of carbonyl (C=O) groups is 2. The smallest absolute Gasteiger partial charge is 0.352 e. The fourth-order valence-corrected chi connectivity index (χ4v) is 3.19. The lowest BCUT2D eigenvalue weighted by atomic mass is 10.1. The van der Waals surface area contributed by atoms with Gasteiger partial charge < -0.3 is 10.6 Å². The second-order valence-corrected chi connectivity index (χ2v) is 7.69. The Morgan fingerprint density at radius 2 is 1.62 bits per heavy atom. The van der Waals surface area contributed by atoms with Gasteiger partial charge in [-0.1, -0.05) is 17.7 Å². The van der Waals surface area contributed by atoms with Crippen LogP contribution in [0.5, 0.6) is 0 Å². The molecule has 10 heteroatoms. The Morgan fingerprint density at radius 1 is 0.941 bits per heavy atom. The molecule has 3 aromatic rings. The minimum Gasteiger partial charge on any atom is -0.352 e. The van der Waals surface area contributed by atoms with Gasteiger partial charge in [-0.15, -0.1) is 0 Å². The summed E-state index contributed by atoms with van der Waals surface area (Å²) in [5.74, 6) is -0.906. The van der Waals surface area contributed by atoms with Crippen molar-refractivity contribution in [3.05, 3.63) is 94.8 Å². The van der Waals surface area contributed by atoms with Crippen molar-refractivity contribution in [1.29, 1.82) is 0 Å². The van der Waals surface area contributed by atoms with E-state index in [0.29, 0.717) is 10.7 Å². The van der Waals surface area contributed by atoms with Crippen LogP contribution >= 0.6 is 11.6 Å². The summed E-state index contributed by atoms with van der Waals surface area (Å²) in [6.07, 6.45) is -4.32. The van der Waals surface area contributed by atoms with Crippen LogP contribution in [-0.2, 0) is 6.18 Å². The Hall–Kier alpha value is -3.59. The molecule has 0 aliphatic heterocycles. The molecule has 0 saturated carbocycles. The van der Waals surface area contributed by atoms with Gasteiger partial charge >= 0.3 is 12.2 Å². The third-order valence-corrected chi connectivity index (χ3v) is 5.03. The number of anilines is 2. The van der Waals surface area contributed by atoms with Gasteiger partial charge in [0.2, 0.25) is 0 Å². The number of hydrogen-bond donors (Lipinski definition) is 2. The van der Waals surface area contributed by atoms with Gasteiger partial charge in [0.1, 0.15) is 5.82 Å². The lowest BCUT2D eigenvalue weighted by Gasteiger charge is -2.24. The van der Waals surface area contributed by atoms with Crippen LogP contribution in [0.3, 0.4) is 0 Å². The molecule has 0 aromatic heterocycles. The zero-order valence-corrected chi connectivity index (χ0v) is 18.5. The molecule has 3 aromatic carbocycles. The number of nitrogens with zero attached hydrogens (tertiary/aromatic N) is 1. The maximum absolute atomic E-state index is 13.2. The normalized spacial score (nSPS) is 11.1. The second kappa shape index (κ2) is 11.0. The Kier molecular flexibility index (Phi) is 8.12. The lowest BCUT2D eigenvalue weighted by Crippen LogP contribution is -2.37. The van der Waals surface area contributed by atoms with Crippen LogP contribution in [0.1, 0.15) is 22.3 Å². The molecule has 2 N–H and O–H groups in total. The van der Waals surface area contributed by atoms with Gasteiger partial charge in [0.15, 0.2) is 0 Å². The average molecular weight is 494 g/mol. The number of nitrogens with one attached hydrogen (secondary N) is 2. The van der Waals surface area contributed by atoms with E-state index in [1.165, 1.54) is 24.3 Å². The van der Waals surface area contributed by atoms with E-state index in [0.717, 1.165) is 29.2 Å². The maximum Gasteiger partial charge on any atom is 0.416 e. The van der Waals surface area contributed by atoms with Crippen molar-refractivity contribution in [2.45, 2.75) is 12.6 Å². The summed E-state index contributed by atoms with van der Waals surface area (Å²) in [5.41, 5.74) is -0.169. The lowest BCUT2D eigenvalue weighted by molar-refractivity contribution is -0.137. The highest BCUT2D eigenvalue weighted by molar-refractivity contribution is 6.30. The zero-order chi connectivity index (χ0) is 24.7. The highest BCUT2D eigenvalue weighted by Crippen LogP contribution is 2.32. The predicted octanol–water partition coefficient (Wildman–Crippen LogP) is 6.36. The van der Waals surface area contributed by atoms with Gasteiger partial charge in [0, 0.05) is 35.1 Å². The van der Waals surface area contributed by atoms with E-state index in [1.807, 2.05) is 0 Å². The Labute approximate surface area is 198 Å². The van der Waals surface area contributed by atoms with Crippen LogP contribution in [0.25, 0.3) is 0 Å². The summed E-state index contributed by atoms with van der Waals surface area (Å²) >= 11 is 5.85. The van der Waals surface area contributed by atoms with Crippen molar-refractivity contribution in [3.8, 4) is 0 Å². The highest BCUT2D eigenvalue weighted by atomic mass is 35.5. The summed E-state index contributed by atoms with van der Waals surface area (Å²) in [7, 11) is 0. The predicted molar refractivity (Wildman–Crippen MR) is 123 cm³/mol. The standard InChI is InChI=1S/C24H20ClF4N3O2/c25-18-7-11-20(12-8-18)31-23(34)32(21-4-1-3-17(15-21)24(27,28)29)14-2-13-30-22(33)16-5-9-19(26)10-6-16/h1,3-12,15H,2,13-14H2,(H,30,33)(H,31,34). The Balaban J connectivity index is 1.71. The highest BCUT2D eigenvalue weighted by Gasteiger charge is 2.31. The molecule has 3 rings (SSSR count). The number of benzene rings is 3. The van der Waals surface area contributed by atoms with Gasteiger partial charge in [-0.05, 0) is 73.2 Å². The van der Waals surface area contributed by atoms with Crippen LogP contribution in [0.4, 0.5) is 33.7 Å². The van der Waals surface area contributed by atoms with Gasteiger partial charge in [-0.25, -0.2) is 9.18 Å². The molecular weight excluding hydrogens is 474 g/mol. The van der Waals surface area contributed by atoms with Crippen molar-refractivity contribution in [2.75, 3.05) is 23.3 Å². The molecule has 34 heavy (non-hydrogen) atoms. The van der Waals surface area contributed by atoms with E-state index < -0.39 is 29.5 Å². The van der Waals surface area contributed by atoms with Crippen molar-refractivity contribution >= 4 is 34.9 Å². The molecule has 0 unspecified atom stereocenters. The van der Waals surface area contributed by atoms with Crippen molar-refractivity contribution in [3.63, 3.8) is 0 Å². The summed E-state index contributed by atoms with van der Waals surface area (Å²) in [6.45, 7) is 0.157. The summed E-state index contributed by atoms with van der Waals surface area (Å²) in [6, 6.07) is 15.0. The Morgan fingerprint density at radius 3 is 2.26 bits per heavy atom. The van der Waals surface area contributed by atoms with Gasteiger partial charge in [-0.3, -0.25) is 9.69 Å². The molecular formula is C24H20ClF4N3O2. The minimum absolute atomic E-state index is 0.0183. The first kappa shape index (κ1) is 25.0. The number of amides is 3. The molecule has 3 amide bonds. The molecule has 0 bridgehead atoms. The largest absolute Gasteiger partial charge is 0.416 e. The van der Waals surface area contributed by atoms with E-state index in [-0.39, 0.29) is 30.8 Å². The van der Waals surface area contributed by atoms with Crippen molar-refractivity contribution < 1.29 is 27.2 Å². The number of halogens is 5. The number of urea groups is 1. The van der Waals surface area contributed by atoms with E-state index in [4.69, 9.17) is 11.6 Å². The number of rotatable bonds is 7. The average Bonchev–Trinajstić information content (AvgIpc) is 2.80. The molecule has 178 valence electrons. The first-order chi connectivity index (χ1) is 16.1. The van der Waals surface area contributed by atoms with E-state index >= 15 is 0 Å². The quantitative estimate of drug-likeness (QED) is 0.297. The summed E-state index contributed by atoms with van der Waals surface area (Å²) < 4.78 is 52.6. The van der Waals surface area contributed by atoms with Crippen LogP contribution in [-0.4, -0.2) is 25.0 Å². The Bertz CT molecular complexity index is 1140. The van der Waals surface area contributed by atoms with Crippen LogP contribution < -0.4 is 15.5 Å². The second-order valence-electron chi connectivity index (χ2n) is 7.25. The molecule has 0 saturated heterocycles. The number of alkyl halides is 3. The molecule has 0 fully saturated rings. The van der Waals surface area contributed by atoms with Crippen LogP contribution in [0.15, 0.2) is 72.8 Å². The van der Waals surface area contributed by atoms with E-state index in [2.05, 4.69) is 10.6 Å². The summed E-state index contributed by atoms with van der Waals surface area (Å²) in [5, 5.41) is 5.73. The van der Waals surface area contributed by atoms with Gasteiger partial charge in [-0.2, -0.15) is 13.2 Å². The van der Waals surface area contributed by atoms with Crippen molar-refractivity contribution in [1.82, 2.24) is 5.32 Å². The SMILES string of the molecule is O=C(NCCCN(C(=O)Nc1ccc(Cl)cc1)c1cccc(C(F)(F)F)c1)c1ccc(F)cc1. The monoisotopic (exact) mass is 493 g/mol. The van der Waals surface area contributed by atoms with Crippen LogP contribution in [0.2, 0.25) is 5.02 Å². The van der Waals surface area contributed by atoms with Crippen LogP contribution in [0, 0.1) is 5.82 Å². The maximum atomic E-state index is 13.2. The van der Waals surface area contributed by atoms with E-state index in [1.54, 1.807) is 24.3 Å². The number of carbonyl (C=O) groups excluding carboxylic acids is 2. The molecule has 0 radical (unpaired) electrons. The molecule has 0 aliphatic rings. The first-order valence-corrected chi connectivity index (χ1v) is 10.6. The molecule has 5 nitrogen and oxygen atoms in total. The fourth-order valence-electron chi connectivity index (χ4n) is 3.06. The first-order valence-electron chi connectivity index (χ1n) is 10.2. The van der Waals surface area contributed by atoms with Gasteiger partial charge in [0.05, 0.1) is 5.56 Å². The number of hydrogen-bond acceptors (Lipinski definition) is 2. The third-order valence-electron chi connectivity index (χ3n) is 4.78. The fraction of sp³-hybridized carbons (Fsp3) is 0.167. The third kappa shape index (κ3) is 6.95.